The van der Waals surface area contributed by atoms with E-state index in [1.165, 1.54) is 7.11 Å². The van der Waals surface area contributed by atoms with Crippen molar-refractivity contribution in [3.8, 4) is 17.2 Å². The summed E-state index contributed by atoms with van der Waals surface area (Å²) >= 11 is 0. The van der Waals surface area contributed by atoms with Crippen LogP contribution in [0.5, 0.6) is 17.2 Å². The third kappa shape index (κ3) is 4.01. The fourth-order valence-electron chi connectivity index (χ4n) is 1.89. The Kier molecular flexibility index (Phi) is 5.84. The highest BCUT2D eigenvalue weighted by Gasteiger charge is 2.28. The van der Waals surface area contributed by atoms with E-state index in [1.54, 1.807) is 47.3 Å². The molecule has 1 aromatic carbocycles. The number of nitrogens with one attached hydrogen (secondary N) is 1. The molecule has 0 aliphatic heterocycles. The maximum atomic E-state index is 11.7. The summed E-state index contributed by atoms with van der Waals surface area (Å²) in [4.78, 5) is 11.7. The predicted molar refractivity (Wildman–Crippen MR) is 79.0 cm³/mol. The van der Waals surface area contributed by atoms with Gasteiger partial charge in [0.1, 0.15) is 22.8 Å². The summed E-state index contributed by atoms with van der Waals surface area (Å²) in [5.41, 5.74) is -0.0113. The van der Waals surface area contributed by atoms with E-state index >= 15 is 0 Å². The fraction of sp³-hybridized carbons (Fsp3) is 0.533. The van der Waals surface area contributed by atoms with Crippen LogP contribution in [0, 0.1) is 0 Å². The average molecular weight is 297 g/mol. The zero-order valence-electron chi connectivity index (χ0n) is 13.4. The zero-order chi connectivity index (χ0) is 16.0. The lowest BCUT2D eigenvalue weighted by atomic mass is 10.0. The van der Waals surface area contributed by atoms with Crippen molar-refractivity contribution in [1.29, 1.82) is 0 Å². The highest BCUT2D eigenvalue weighted by atomic mass is 16.5. The van der Waals surface area contributed by atoms with Crippen molar-refractivity contribution < 1.29 is 23.7 Å². The number of methoxy groups -OCH3 is 4. The molecule has 6 nitrogen and oxygen atoms in total. The van der Waals surface area contributed by atoms with Gasteiger partial charge in [0.2, 0.25) is 0 Å². The largest absolute Gasteiger partial charge is 0.496 e. The second-order valence-electron chi connectivity index (χ2n) is 4.98. The highest BCUT2D eigenvalue weighted by Crippen LogP contribution is 2.34. The molecular formula is C15H23NO5. The Morgan fingerprint density at radius 1 is 1.05 bits per heavy atom. The number of carbonyl (C=O) groups excluding carboxylic acids is 1. The molecule has 6 heteroatoms. The second kappa shape index (κ2) is 7.17. The lowest BCUT2D eigenvalue weighted by molar-refractivity contribution is -0.147. The first kappa shape index (κ1) is 17.1. The number of carbonyl (C=O) groups is 1. The van der Waals surface area contributed by atoms with Gasteiger partial charge in [-0.05, 0) is 13.8 Å². The van der Waals surface area contributed by atoms with Crippen LogP contribution in [-0.4, -0.2) is 39.9 Å². The van der Waals surface area contributed by atoms with Gasteiger partial charge in [-0.2, -0.15) is 0 Å². The van der Waals surface area contributed by atoms with Gasteiger partial charge < -0.3 is 18.9 Å². The standard InChI is InChI=1S/C15H23NO5/c1-15(2,14(17)21-6)16-9-11-12(19-4)7-10(18-3)8-13(11)20-5/h7-8,16H,9H2,1-6H3. The second-order valence-corrected chi connectivity index (χ2v) is 4.98. The molecule has 0 aliphatic carbocycles. The molecule has 0 unspecified atom stereocenters. The lowest BCUT2D eigenvalue weighted by Gasteiger charge is -2.24. The molecule has 0 spiro atoms. The molecule has 118 valence electrons. The van der Waals surface area contributed by atoms with Gasteiger partial charge in [0.25, 0.3) is 0 Å². The predicted octanol–water partition coefficient (Wildman–Crippen LogP) is 1.75. The van der Waals surface area contributed by atoms with Crippen LogP contribution in [0.2, 0.25) is 0 Å². The molecule has 0 aromatic heterocycles. The van der Waals surface area contributed by atoms with Gasteiger partial charge in [0, 0.05) is 18.7 Å². The molecule has 1 N–H and O–H groups in total. The van der Waals surface area contributed by atoms with Crippen LogP contribution in [0.3, 0.4) is 0 Å². The van der Waals surface area contributed by atoms with E-state index in [9.17, 15) is 4.79 Å². The molecule has 0 fully saturated rings. The highest BCUT2D eigenvalue weighted by molar-refractivity contribution is 5.79. The molecular weight excluding hydrogens is 274 g/mol. The third-order valence-corrected chi connectivity index (χ3v) is 3.22. The van der Waals surface area contributed by atoms with Gasteiger partial charge in [-0.1, -0.05) is 0 Å². The van der Waals surface area contributed by atoms with E-state index in [4.69, 9.17) is 18.9 Å². The summed E-state index contributed by atoms with van der Waals surface area (Å²) in [6.07, 6.45) is 0. The number of esters is 1. The SMILES string of the molecule is COC(=O)C(C)(C)NCc1c(OC)cc(OC)cc1OC. The van der Waals surface area contributed by atoms with Crippen molar-refractivity contribution in [2.45, 2.75) is 25.9 Å². The van der Waals surface area contributed by atoms with Crippen molar-refractivity contribution in [3.63, 3.8) is 0 Å². The number of hydrogen-bond donors (Lipinski definition) is 1. The minimum Gasteiger partial charge on any atom is -0.496 e. The number of rotatable bonds is 7. The summed E-state index contributed by atoms with van der Waals surface area (Å²) in [5, 5.41) is 3.14. The number of benzene rings is 1. The van der Waals surface area contributed by atoms with Crippen LogP contribution in [0.4, 0.5) is 0 Å². The van der Waals surface area contributed by atoms with Crippen LogP contribution in [0.25, 0.3) is 0 Å². The monoisotopic (exact) mass is 297 g/mol. The first-order valence-electron chi connectivity index (χ1n) is 6.52. The van der Waals surface area contributed by atoms with Crippen molar-refractivity contribution in [3.05, 3.63) is 17.7 Å². The van der Waals surface area contributed by atoms with Crippen LogP contribution in [0.15, 0.2) is 12.1 Å². The summed E-state index contributed by atoms with van der Waals surface area (Å²) in [7, 11) is 6.08. The Morgan fingerprint density at radius 3 is 1.95 bits per heavy atom. The molecule has 0 heterocycles. The van der Waals surface area contributed by atoms with E-state index in [2.05, 4.69) is 5.32 Å². The van der Waals surface area contributed by atoms with E-state index in [-0.39, 0.29) is 5.97 Å². The van der Waals surface area contributed by atoms with Crippen LogP contribution in [0.1, 0.15) is 19.4 Å². The summed E-state index contributed by atoms with van der Waals surface area (Å²) in [6.45, 7) is 3.89. The number of ether oxygens (including phenoxy) is 4. The van der Waals surface area contributed by atoms with Crippen molar-refractivity contribution in [1.82, 2.24) is 5.32 Å². The minimum atomic E-state index is -0.815. The first-order valence-corrected chi connectivity index (χ1v) is 6.52. The first-order chi connectivity index (χ1) is 9.89. The molecule has 1 rings (SSSR count). The summed E-state index contributed by atoms with van der Waals surface area (Å²) < 4.78 is 20.7. The summed E-state index contributed by atoms with van der Waals surface area (Å²) in [5.74, 6) is 1.55. The molecule has 0 atom stereocenters. The van der Waals surface area contributed by atoms with E-state index in [1.807, 2.05) is 0 Å². The minimum absolute atomic E-state index is 0.339. The Morgan fingerprint density at radius 2 is 1.57 bits per heavy atom. The molecule has 0 saturated heterocycles. The van der Waals surface area contributed by atoms with Crippen LogP contribution in [-0.2, 0) is 16.1 Å². The quantitative estimate of drug-likeness (QED) is 0.774. The normalized spacial score (nSPS) is 11.0. The number of hydrogen-bond acceptors (Lipinski definition) is 6. The molecule has 0 saturated carbocycles. The maximum Gasteiger partial charge on any atom is 0.325 e. The van der Waals surface area contributed by atoms with Gasteiger partial charge in [-0.25, -0.2) is 0 Å². The topological polar surface area (TPSA) is 66.0 Å². The molecule has 0 aliphatic rings. The van der Waals surface area contributed by atoms with Gasteiger partial charge in [0.05, 0.1) is 34.0 Å². The maximum absolute atomic E-state index is 11.7. The van der Waals surface area contributed by atoms with Gasteiger partial charge in [0.15, 0.2) is 0 Å². The van der Waals surface area contributed by atoms with E-state index in [0.717, 1.165) is 5.56 Å². The van der Waals surface area contributed by atoms with Gasteiger partial charge in [-0.15, -0.1) is 0 Å². The fourth-order valence-corrected chi connectivity index (χ4v) is 1.89. The Balaban J connectivity index is 3.04. The molecule has 1 aromatic rings. The molecule has 21 heavy (non-hydrogen) atoms. The van der Waals surface area contributed by atoms with Crippen LogP contribution >= 0.6 is 0 Å². The van der Waals surface area contributed by atoms with Crippen LogP contribution < -0.4 is 19.5 Å². The Hall–Kier alpha value is -1.95. The van der Waals surface area contributed by atoms with E-state index in [0.29, 0.717) is 23.8 Å². The summed E-state index contributed by atoms with van der Waals surface area (Å²) in [6, 6.07) is 3.54. The molecule has 0 radical (unpaired) electrons. The lowest BCUT2D eigenvalue weighted by Crippen LogP contribution is -2.47. The Labute approximate surface area is 125 Å². The third-order valence-electron chi connectivity index (χ3n) is 3.22. The van der Waals surface area contributed by atoms with Crippen molar-refractivity contribution >= 4 is 5.97 Å². The zero-order valence-corrected chi connectivity index (χ0v) is 13.4. The van der Waals surface area contributed by atoms with Crippen molar-refractivity contribution in [2.24, 2.45) is 0 Å². The van der Waals surface area contributed by atoms with Crippen molar-refractivity contribution in [2.75, 3.05) is 28.4 Å². The van der Waals surface area contributed by atoms with Gasteiger partial charge in [-0.3, -0.25) is 10.1 Å². The smallest absolute Gasteiger partial charge is 0.325 e. The van der Waals surface area contributed by atoms with Gasteiger partial charge >= 0.3 is 5.97 Å². The van der Waals surface area contributed by atoms with E-state index < -0.39 is 5.54 Å². The average Bonchev–Trinajstić information content (AvgIpc) is 2.50. The Bertz CT molecular complexity index is 474. The molecule has 0 amide bonds. The molecule has 0 bridgehead atoms.